The molecule has 1 aromatic carbocycles. The van der Waals surface area contributed by atoms with Gasteiger partial charge in [0.15, 0.2) is 5.82 Å². The third-order valence-corrected chi connectivity index (χ3v) is 6.02. The van der Waals surface area contributed by atoms with Crippen LogP contribution in [0.15, 0.2) is 30.3 Å². The Morgan fingerprint density at radius 1 is 1.17 bits per heavy atom. The third kappa shape index (κ3) is 4.27. The molecule has 6 heteroatoms. The highest BCUT2D eigenvalue weighted by molar-refractivity contribution is 5.78. The molecule has 1 unspecified atom stereocenters. The minimum atomic E-state index is -0.0421. The molecular weight excluding hydrogens is 364 g/mol. The Kier molecular flexibility index (Phi) is 6.09. The Morgan fingerprint density at radius 3 is 2.79 bits per heavy atom. The van der Waals surface area contributed by atoms with Gasteiger partial charge in [-0.25, -0.2) is 9.97 Å². The molecule has 1 fully saturated rings. The van der Waals surface area contributed by atoms with Gasteiger partial charge >= 0.3 is 0 Å². The maximum Gasteiger partial charge on any atom is 0.249 e. The zero-order valence-corrected chi connectivity index (χ0v) is 17.4. The second-order valence-corrected chi connectivity index (χ2v) is 7.97. The van der Waals surface area contributed by atoms with Gasteiger partial charge in [0.2, 0.25) is 5.91 Å². The molecular formula is C23H30N4O2. The number of amides is 1. The van der Waals surface area contributed by atoms with Crippen LogP contribution in [0.4, 0.5) is 5.82 Å². The van der Waals surface area contributed by atoms with E-state index in [0.717, 1.165) is 69.1 Å². The largest absolute Gasteiger partial charge is 0.375 e. The predicted molar refractivity (Wildman–Crippen MR) is 113 cm³/mol. The van der Waals surface area contributed by atoms with Gasteiger partial charge in [0.1, 0.15) is 12.4 Å². The molecule has 154 valence electrons. The van der Waals surface area contributed by atoms with Crippen LogP contribution in [-0.2, 0) is 22.4 Å². The van der Waals surface area contributed by atoms with Crippen molar-refractivity contribution in [1.82, 2.24) is 14.9 Å². The number of aromatic nitrogens is 2. The summed E-state index contributed by atoms with van der Waals surface area (Å²) >= 11 is 0. The van der Waals surface area contributed by atoms with Crippen molar-refractivity contribution in [1.29, 1.82) is 0 Å². The summed E-state index contributed by atoms with van der Waals surface area (Å²) in [5.74, 6) is 1.88. The minimum Gasteiger partial charge on any atom is -0.375 e. The Labute approximate surface area is 172 Å². The molecule has 2 aliphatic rings. The van der Waals surface area contributed by atoms with E-state index < -0.39 is 0 Å². The first kappa shape index (κ1) is 19.8. The van der Waals surface area contributed by atoms with Gasteiger partial charge in [-0.3, -0.25) is 4.79 Å². The van der Waals surface area contributed by atoms with E-state index in [2.05, 4.69) is 42.2 Å². The van der Waals surface area contributed by atoms with Crippen LogP contribution in [0.2, 0.25) is 0 Å². The van der Waals surface area contributed by atoms with E-state index in [4.69, 9.17) is 14.7 Å². The molecule has 2 aliphatic heterocycles. The first-order chi connectivity index (χ1) is 14.2. The number of rotatable bonds is 6. The summed E-state index contributed by atoms with van der Waals surface area (Å²) in [6.07, 6.45) is 5.06. The van der Waals surface area contributed by atoms with E-state index in [-0.39, 0.29) is 18.6 Å². The first-order valence-electron chi connectivity index (χ1n) is 10.6. The van der Waals surface area contributed by atoms with Crippen LogP contribution in [0.25, 0.3) is 0 Å². The number of benzene rings is 1. The highest BCUT2D eigenvalue weighted by Crippen LogP contribution is 2.34. The zero-order valence-electron chi connectivity index (χ0n) is 17.4. The standard InChI is InChI=1S/C23H30N4O2/c1-17-19-10-6-13-26(15-12-18-8-4-3-5-9-18)23(19)25-22(24-17)20-11-7-14-27(20)21(28)16-29-2/h3-5,8-9,20H,6-7,10-16H2,1-2H3. The number of hydrogen-bond donors (Lipinski definition) is 0. The number of carbonyl (C=O) groups is 1. The quantitative estimate of drug-likeness (QED) is 0.754. The summed E-state index contributed by atoms with van der Waals surface area (Å²) in [4.78, 5) is 26.6. The van der Waals surface area contributed by atoms with Crippen LogP contribution in [0, 0.1) is 6.92 Å². The Balaban J connectivity index is 1.58. The molecule has 2 aromatic rings. The lowest BCUT2D eigenvalue weighted by atomic mass is 10.0. The summed E-state index contributed by atoms with van der Waals surface area (Å²) in [7, 11) is 1.56. The van der Waals surface area contributed by atoms with Crippen LogP contribution < -0.4 is 4.90 Å². The normalized spacial score (nSPS) is 18.8. The molecule has 0 radical (unpaired) electrons. The number of hydrogen-bond acceptors (Lipinski definition) is 5. The molecule has 1 aromatic heterocycles. The number of carbonyl (C=O) groups excluding carboxylic acids is 1. The summed E-state index contributed by atoms with van der Waals surface area (Å²) < 4.78 is 5.07. The molecule has 1 saturated heterocycles. The maximum absolute atomic E-state index is 12.5. The topological polar surface area (TPSA) is 58.6 Å². The maximum atomic E-state index is 12.5. The molecule has 3 heterocycles. The number of methoxy groups -OCH3 is 1. The lowest BCUT2D eigenvalue weighted by molar-refractivity contribution is -0.136. The Morgan fingerprint density at radius 2 is 2.00 bits per heavy atom. The fourth-order valence-electron chi connectivity index (χ4n) is 4.52. The highest BCUT2D eigenvalue weighted by Gasteiger charge is 2.33. The van der Waals surface area contributed by atoms with Crippen LogP contribution in [0.1, 0.15) is 47.9 Å². The second-order valence-electron chi connectivity index (χ2n) is 7.97. The summed E-state index contributed by atoms with van der Waals surface area (Å²) in [5, 5.41) is 0. The monoisotopic (exact) mass is 394 g/mol. The van der Waals surface area contributed by atoms with Gasteiger partial charge in [-0.15, -0.1) is 0 Å². The number of nitrogens with zero attached hydrogens (tertiary/aromatic N) is 4. The minimum absolute atomic E-state index is 0.0231. The number of fused-ring (bicyclic) bond motifs is 1. The van der Waals surface area contributed by atoms with Crippen molar-refractivity contribution in [3.05, 3.63) is 53.0 Å². The molecule has 4 rings (SSSR count). The molecule has 1 atom stereocenters. The van der Waals surface area contributed by atoms with Gasteiger partial charge in [0, 0.05) is 38.0 Å². The van der Waals surface area contributed by atoms with E-state index in [0.29, 0.717) is 0 Å². The van der Waals surface area contributed by atoms with Gasteiger partial charge in [-0.05, 0) is 44.6 Å². The van der Waals surface area contributed by atoms with Gasteiger partial charge in [0.05, 0.1) is 6.04 Å². The van der Waals surface area contributed by atoms with Gasteiger partial charge in [0.25, 0.3) is 0 Å². The van der Waals surface area contributed by atoms with Crippen LogP contribution in [0.3, 0.4) is 0 Å². The smallest absolute Gasteiger partial charge is 0.249 e. The van der Waals surface area contributed by atoms with Gasteiger partial charge in [-0.1, -0.05) is 30.3 Å². The summed E-state index contributed by atoms with van der Waals surface area (Å²) in [6, 6.07) is 10.6. The molecule has 0 aliphatic carbocycles. The molecule has 29 heavy (non-hydrogen) atoms. The third-order valence-electron chi connectivity index (χ3n) is 6.02. The molecule has 0 spiro atoms. The lowest BCUT2D eigenvalue weighted by Crippen LogP contribution is -2.36. The van der Waals surface area contributed by atoms with Crippen molar-refractivity contribution in [3.63, 3.8) is 0 Å². The molecule has 0 bridgehead atoms. The van der Waals surface area contributed by atoms with Crippen molar-refractivity contribution in [2.45, 2.75) is 45.1 Å². The zero-order chi connectivity index (χ0) is 20.2. The van der Waals surface area contributed by atoms with Gasteiger partial charge in [-0.2, -0.15) is 0 Å². The molecule has 0 N–H and O–H groups in total. The van der Waals surface area contributed by atoms with Crippen LogP contribution >= 0.6 is 0 Å². The number of anilines is 1. The SMILES string of the molecule is COCC(=O)N1CCCC1c1nc(C)c2c(n1)N(CCc1ccccc1)CCC2. The molecule has 0 saturated carbocycles. The van der Waals surface area contributed by atoms with Crippen LogP contribution in [-0.4, -0.2) is 54.1 Å². The van der Waals surface area contributed by atoms with Crippen molar-refractivity contribution >= 4 is 11.7 Å². The van der Waals surface area contributed by atoms with E-state index in [1.165, 1.54) is 11.1 Å². The van der Waals surface area contributed by atoms with E-state index in [9.17, 15) is 4.79 Å². The van der Waals surface area contributed by atoms with Gasteiger partial charge < -0.3 is 14.5 Å². The average Bonchev–Trinajstić information content (AvgIpc) is 3.23. The fourth-order valence-corrected chi connectivity index (χ4v) is 4.52. The first-order valence-corrected chi connectivity index (χ1v) is 10.6. The van der Waals surface area contributed by atoms with Crippen LogP contribution in [0.5, 0.6) is 0 Å². The van der Waals surface area contributed by atoms with Crippen molar-refractivity contribution in [2.75, 3.05) is 38.3 Å². The van der Waals surface area contributed by atoms with Crippen molar-refractivity contribution in [3.8, 4) is 0 Å². The average molecular weight is 395 g/mol. The number of ether oxygens (including phenoxy) is 1. The fraction of sp³-hybridized carbons (Fsp3) is 0.522. The lowest BCUT2D eigenvalue weighted by Gasteiger charge is -2.32. The van der Waals surface area contributed by atoms with Crippen molar-refractivity contribution < 1.29 is 9.53 Å². The number of likely N-dealkylation sites (tertiary alicyclic amines) is 1. The molecule has 6 nitrogen and oxygen atoms in total. The van der Waals surface area contributed by atoms with Crippen molar-refractivity contribution in [2.24, 2.45) is 0 Å². The number of aryl methyl sites for hydroxylation is 1. The summed E-state index contributed by atoms with van der Waals surface area (Å²) in [5.41, 5.74) is 3.67. The predicted octanol–water partition coefficient (Wildman–Crippen LogP) is 3.09. The Hall–Kier alpha value is -2.47. The summed E-state index contributed by atoms with van der Waals surface area (Å²) in [6.45, 7) is 4.92. The van der Waals surface area contributed by atoms with E-state index in [1.54, 1.807) is 7.11 Å². The second kappa shape index (κ2) is 8.91. The Bertz CT molecular complexity index is 855. The van der Waals surface area contributed by atoms with E-state index in [1.807, 2.05) is 4.90 Å². The molecule has 1 amide bonds. The van der Waals surface area contributed by atoms with E-state index >= 15 is 0 Å². The highest BCUT2D eigenvalue weighted by atomic mass is 16.5.